The molecule has 0 saturated heterocycles. The minimum Gasteiger partial charge on any atom is -0.390 e. The van der Waals surface area contributed by atoms with Gasteiger partial charge in [-0.05, 0) is 17.5 Å². The summed E-state index contributed by atoms with van der Waals surface area (Å²) in [5.74, 6) is 0. The molecular weight excluding hydrogens is 296 g/mol. The topological polar surface area (TPSA) is 33.6 Å². The highest BCUT2D eigenvalue weighted by molar-refractivity contribution is 5.87. The first-order chi connectivity index (χ1) is 11.7. The number of hydrogen-bond acceptors (Lipinski definition) is 3. The molecule has 2 aromatic rings. The minimum absolute atomic E-state index is 0.103. The van der Waals surface area contributed by atoms with Crippen molar-refractivity contribution in [3.05, 3.63) is 71.8 Å². The Hall–Kier alpha value is -2.13. The third kappa shape index (κ3) is 4.68. The van der Waals surface area contributed by atoms with Gasteiger partial charge in [0.2, 0.25) is 0 Å². The maximum Gasteiger partial charge on any atom is 0.148 e. The van der Waals surface area contributed by atoms with Crippen molar-refractivity contribution < 1.29 is 4.84 Å². The van der Waals surface area contributed by atoms with E-state index in [9.17, 15) is 0 Å². The maximum atomic E-state index is 5.80. The van der Waals surface area contributed by atoms with Crippen molar-refractivity contribution in [1.29, 1.82) is 0 Å². The Morgan fingerprint density at radius 1 is 1.00 bits per heavy atom. The van der Waals surface area contributed by atoms with Crippen LogP contribution in [0.3, 0.4) is 0 Å². The molecule has 1 aliphatic heterocycles. The summed E-state index contributed by atoms with van der Waals surface area (Å²) in [5.41, 5.74) is 3.75. The van der Waals surface area contributed by atoms with Crippen LogP contribution in [0.1, 0.15) is 31.4 Å². The third-order valence-corrected chi connectivity index (χ3v) is 4.30. The number of benzene rings is 2. The van der Waals surface area contributed by atoms with E-state index in [0.29, 0.717) is 6.04 Å². The predicted octanol–water partition coefficient (Wildman–Crippen LogP) is 3.98. The number of hydrogen-bond donors (Lipinski definition) is 1. The van der Waals surface area contributed by atoms with E-state index < -0.39 is 0 Å². The van der Waals surface area contributed by atoms with Crippen molar-refractivity contribution in [1.82, 2.24) is 5.32 Å². The molecule has 2 unspecified atom stereocenters. The molecule has 1 N–H and O–H groups in total. The molecule has 0 spiro atoms. The molecule has 0 fully saturated rings. The number of oxime groups is 1. The minimum atomic E-state index is 0.103. The standard InChI is InChI=1S/C21H26N2O/c1-16(2)22-20(14-18-11-7-4-8-12-18)21-15-19(23-24-21)13-17-9-5-3-6-10-17/h3-12,16,20-22H,13-15H2,1-2H3. The molecule has 2 aromatic carbocycles. The zero-order chi connectivity index (χ0) is 16.8. The van der Waals surface area contributed by atoms with Crippen molar-refractivity contribution in [2.45, 2.75) is 51.3 Å². The van der Waals surface area contributed by atoms with Crippen LogP contribution in [0.25, 0.3) is 0 Å². The monoisotopic (exact) mass is 322 g/mol. The first-order valence-electron chi connectivity index (χ1n) is 8.76. The second-order valence-electron chi connectivity index (χ2n) is 6.79. The summed E-state index contributed by atoms with van der Waals surface area (Å²) in [6.45, 7) is 4.36. The fraction of sp³-hybridized carbons (Fsp3) is 0.381. The van der Waals surface area contributed by atoms with E-state index in [-0.39, 0.29) is 12.1 Å². The van der Waals surface area contributed by atoms with E-state index in [0.717, 1.165) is 25.0 Å². The van der Waals surface area contributed by atoms with E-state index in [2.05, 4.69) is 78.9 Å². The number of nitrogens with one attached hydrogen (secondary N) is 1. The van der Waals surface area contributed by atoms with E-state index >= 15 is 0 Å². The van der Waals surface area contributed by atoms with Crippen molar-refractivity contribution in [3.63, 3.8) is 0 Å². The summed E-state index contributed by atoms with van der Waals surface area (Å²) < 4.78 is 0. The van der Waals surface area contributed by atoms with E-state index in [1.54, 1.807) is 0 Å². The molecule has 0 bridgehead atoms. The lowest BCUT2D eigenvalue weighted by molar-refractivity contribution is 0.0528. The summed E-state index contributed by atoms with van der Waals surface area (Å²) in [7, 11) is 0. The van der Waals surface area contributed by atoms with Crippen LogP contribution in [0.4, 0.5) is 0 Å². The molecule has 1 aliphatic rings. The zero-order valence-electron chi connectivity index (χ0n) is 14.5. The average molecular weight is 322 g/mol. The molecule has 0 aromatic heterocycles. The lowest BCUT2D eigenvalue weighted by Crippen LogP contribution is -2.45. The van der Waals surface area contributed by atoms with Crippen LogP contribution in [0, 0.1) is 0 Å². The highest BCUT2D eigenvalue weighted by Gasteiger charge is 2.30. The van der Waals surface area contributed by atoms with Gasteiger partial charge < -0.3 is 10.2 Å². The molecule has 3 rings (SSSR count). The highest BCUT2D eigenvalue weighted by atomic mass is 16.6. The second kappa shape index (κ2) is 8.11. The molecule has 3 nitrogen and oxygen atoms in total. The van der Waals surface area contributed by atoms with Gasteiger partial charge in [0.05, 0.1) is 11.8 Å². The fourth-order valence-corrected chi connectivity index (χ4v) is 3.19. The summed E-state index contributed by atoms with van der Waals surface area (Å²) in [5, 5.41) is 8.02. The van der Waals surface area contributed by atoms with Crippen LogP contribution in [0.15, 0.2) is 65.8 Å². The Labute approximate surface area is 144 Å². The van der Waals surface area contributed by atoms with Crippen molar-refractivity contribution in [2.75, 3.05) is 0 Å². The van der Waals surface area contributed by atoms with Crippen LogP contribution in [0.5, 0.6) is 0 Å². The summed E-state index contributed by atoms with van der Waals surface area (Å²) in [4.78, 5) is 5.80. The molecule has 0 aliphatic carbocycles. The Morgan fingerprint density at radius 2 is 1.62 bits per heavy atom. The lowest BCUT2D eigenvalue weighted by atomic mass is 9.95. The smallest absolute Gasteiger partial charge is 0.148 e. The average Bonchev–Trinajstić information content (AvgIpc) is 3.04. The maximum absolute atomic E-state index is 5.80. The van der Waals surface area contributed by atoms with Gasteiger partial charge in [0.25, 0.3) is 0 Å². The Balaban J connectivity index is 1.62. The predicted molar refractivity (Wildman–Crippen MR) is 99.3 cm³/mol. The van der Waals surface area contributed by atoms with Crippen LogP contribution < -0.4 is 5.32 Å². The van der Waals surface area contributed by atoms with Crippen molar-refractivity contribution in [2.24, 2.45) is 5.16 Å². The van der Waals surface area contributed by atoms with Crippen LogP contribution in [0.2, 0.25) is 0 Å². The van der Waals surface area contributed by atoms with Crippen molar-refractivity contribution in [3.8, 4) is 0 Å². The Kier molecular flexibility index (Phi) is 5.65. The van der Waals surface area contributed by atoms with Gasteiger partial charge in [-0.25, -0.2) is 0 Å². The molecule has 2 atom stereocenters. The molecule has 1 heterocycles. The van der Waals surface area contributed by atoms with Gasteiger partial charge in [-0.2, -0.15) is 0 Å². The molecule has 0 amide bonds. The van der Waals surface area contributed by atoms with Gasteiger partial charge in [0.15, 0.2) is 0 Å². The Morgan fingerprint density at radius 3 is 2.25 bits per heavy atom. The fourth-order valence-electron chi connectivity index (χ4n) is 3.19. The largest absolute Gasteiger partial charge is 0.390 e. The van der Waals surface area contributed by atoms with E-state index in [1.807, 2.05) is 6.07 Å². The van der Waals surface area contributed by atoms with Gasteiger partial charge in [0, 0.05) is 18.9 Å². The van der Waals surface area contributed by atoms with Crippen LogP contribution >= 0.6 is 0 Å². The summed E-state index contributed by atoms with van der Waals surface area (Å²) in [6.07, 6.45) is 2.83. The molecule has 24 heavy (non-hydrogen) atoms. The first kappa shape index (κ1) is 16.7. The normalized spacial score (nSPS) is 18.3. The summed E-state index contributed by atoms with van der Waals surface area (Å²) in [6, 6.07) is 21.7. The highest BCUT2D eigenvalue weighted by Crippen LogP contribution is 2.20. The van der Waals surface area contributed by atoms with Gasteiger partial charge in [-0.3, -0.25) is 0 Å². The molecule has 126 valence electrons. The van der Waals surface area contributed by atoms with Gasteiger partial charge in [0.1, 0.15) is 6.10 Å². The van der Waals surface area contributed by atoms with Crippen molar-refractivity contribution >= 4 is 5.71 Å². The Bertz CT molecular complexity index is 652. The number of nitrogens with zero attached hydrogens (tertiary/aromatic N) is 1. The van der Waals surface area contributed by atoms with Gasteiger partial charge >= 0.3 is 0 Å². The first-order valence-corrected chi connectivity index (χ1v) is 8.76. The lowest BCUT2D eigenvalue weighted by Gasteiger charge is -2.25. The zero-order valence-corrected chi connectivity index (χ0v) is 14.5. The van der Waals surface area contributed by atoms with Gasteiger partial charge in [-0.15, -0.1) is 0 Å². The van der Waals surface area contributed by atoms with E-state index in [4.69, 9.17) is 4.84 Å². The molecule has 0 radical (unpaired) electrons. The molecular formula is C21H26N2O. The molecule has 0 saturated carbocycles. The van der Waals surface area contributed by atoms with Crippen LogP contribution in [-0.4, -0.2) is 23.9 Å². The van der Waals surface area contributed by atoms with Gasteiger partial charge in [-0.1, -0.05) is 79.7 Å². The summed E-state index contributed by atoms with van der Waals surface area (Å²) >= 11 is 0. The van der Waals surface area contributed by atoms with Crippen LogP contribution in [-0.2, 0) is 17.7 Å². The number of rotatable bonds is 7. The van der Waals surface area contributed by atoms with E-state index in [1.165, 1.54) is 11.1 Å². The third-order valence-electron chi connectivity index (χ3n) is 4.30. The SMILES string of the molecule is CC(C)NC(Cc1ccccc1)C1CC(Cc2ccccc2)=NO1. The second-order valence-corrected chi connectivity index (χ2v) is 6.79. The molecule has 3 heteroatoms. The quantitative estimate of drug-likeness (QED) is 0.836.